The second-order valence-corrected chi connectivity index (χ2v) is 7.45. The van der Waals surface area contributed by atoms with Crippen molar-refractivity contribution in [2.75, 3.05) is 19.7 Å². The van der Waals surface area contributed by atoms with Gasteiger partial charge in [-0.1, -0.05) is 18.2 Å². The first-order chi connectivity index (χ1) is 13.6. The summed E-state index contributed by atoms with van der Waals surface area (Å²) in [5.74, 6) is -0.126. The van der Waals surface area contributed by atoms with Gasteiger partial charge in [0.2, 0.25) is 0 Å². The molecule has 0 amide bonds. The smallest absolute Gasteiger partial charge is 0.352 e. The van der Waals surface area contributed by atoms with Crippen molar-refractivity contribution in [3.05, 3.63) is 60.3 Å². The van der Waals surface area contributed by atoms with E-state index in [2.05, 4.69) is 11.8 Å². The molecular formula is C23H26N2O3. The molecular weight excluding hydrogens is 352 g/mol. The van der Waals surface area contributed by atoms with E-state index in [1.54, 1.807) is 10.6 Å². The number of hydrogen-bond acceptors (Lipinski definition) is 3. The van der Waals surface area contributed by atoms with Gasteiger partial charge in [-0.15, -0.1) is 0 Å². The number of rotatable bonds is 7. The molecule has 2 heterocycles. The third kappa shape index (κ3) is 3.76. The Balaban J connectivity index is 1.44. The van der Waals surface area contributed by atoms with Crippen molar-refractivity contribution in [1.82, 2.24) is 9.47 Å². The molecule has 1 atom stereocenters. The van der Waals surface area contributed by atoms with E-state index in [0.717, 1.165) is 35.3 Å². The maximum atomic E-state index is 11.7. The van der Waals surface area contributed by atoms with Gasteiger partial charge in [0.1, 0.15) is 11.4 Å². The van der Waals surface area contributed by atoms with Crippen LogP contribution in [-0.4, -0.2) is 46.3 Å². The molecule has 0 aliphatic carbocycles. The summed E-state index contributed by atoms with van der Waals surface area (Å²) in [7, 11) is 0. The monoisotopic (exact) mass is 378 g/mol. The highest BCUT2D eigenvalue weighted by Crippen LogP contribution is 2.26. The maximum Gasteiger partial charge on any atom is 0.352 e. The number of fused-ring (bicyclic) bond motifs is 1. The molecule has 5 heteroatoms. The van der Waals surface area contributed by atoms with Crippen molar-refractivity contribution in [3.8, 4) is 11.4 Å². The summed E-state index contributed by atoms with van der Waals surface area (Å²) < 4.78 is 7.66. The van der Waals surface area contributed by atoms with E-state index < -0.39 is 5.97 Å². The summed E-state index contributed by atoms with van der Waals surface area (Å²) in [6, 6.07) is 17.8. The molecule has 1 N–H and O–H groups in total. The van der Waals surface area contributed by atoms with Gasteiger partial charge < -0.3 is 19.3 Å². The van der Waals surface area contributed by atoms with Crippen molar-refractivity contribution in [1.29, 1.82) is 0 Å². The lowest BCUT2D eigenvalue weighted by molar-refractivity contribution is 0.0688. The molecule has 1 aliphatic rings. The average molecular weight is 378 g/mol. The predicted molar refractivity (Wildman–Crippen MR) is 111 cm³/mol. The van der Waals surface area contributed by atoms with E-state index >= 15 is 0 Å². The minimum Gasteiger partial charge on any atom is -0.494 e. The molecule has 5 nitrogen and oxygen atoms in total. The molecule has 146 valence electrons. The first-order valence-electron chi connectivity index (χ1n) is 9.94. The normalized spacial score (nSPS) is 17.2. The molecule has 0 unspecified atom stereocenters. The number of carboxylic acid groups (broad SMARTS) is 1. The standard InChI is InChI=1S/C23H26N2O3/c1-17-6-4-13-24(17)14-5-15-28-20-11-9-19(10-12-20)25-21-8-3-2-7-18(21)16-22(25)23(26)27/h2-3,7-12,16-17H,4-6,13-15H2,1H3,(H,26,27)/t17-/m1/s1. The van der Waals surface area contributed by atoms with Gasteiger partial charge in [-0.25, -0.2) is 4.79 Å². The lowest BCUT2D eigenvalue weighted by Crippen LogP contribution is -2.28. The second kappa shape index (κ2) is 8.07. The van der Waals surface area contributed by atoms with Crippen LogP contribution in [0.4, 0.5) is 0 Å². The SMILES string of the molecule is C[C@@H]1CCCN1CCCOc1ccc(-n2c(C(=O)O)cc3ccccc32)cc1. The summed E-state index contributed by atoms with van der Waals surface area (Å²) in [4.78, 5) is 14.2. The van der Waals surface area contributed by atoms with Gasteiger partial charge in [-0.3, -0.25) is 0 Å². The molecule has 1 aliphatic heterocycles. The van der Waals surface area contributed by atoms with Crippen LogP contribution >= 0.6 is 0 Å². The molecule has 0 radical (unpaired) electrons. The Kier molecular flexibility index (Phi) is 5.35. The molecule has 1 saturated heterocycles. The molecule has 0 spiro atoms. The van der Waals surface area contributed by atoms with Crippen LogP contribution in [0, 0.1) is 0 Å². The summed E-state index contributed by atoms with van der Waals surface area (Å²) in [5.41, 5.74) is 1.96. The zero-order valence-electron chi connectivity index (χ0n) is 16.2. The Bertz CT molecular complexity index is 962. The number of carbonyl (C=O) groups is 1. The number of ether oxygens (including phenoxy) is 1. The van der Waals surface area contributed by atoms with Crippen molar-refractivity contribution in [3.63, 3.8) is 0 Å². The minimum atomic E-state index is -0.937. The van der Waals surface area contributed by atoms with Gasteiger partial charge in [-0.2, -0.15) is 0 Å². The van der Waals surface area contributed by atoms with E-state index in [-0.39, 0.29) is 5.69 Å². The van der Waals surface area contributed by atoms with Crippen LogP contribution in [0.2, 0.25) is 0 Å². The number of benzene rings is 2. The fourth-order valence-electron chi connectivity index (χ4n) is 4.06. The molecule has 28 heavy (non-hydrogen) atoms. The van der Waals surface area contributed by atoms with Gasteiger partial charge in [0, 0.05) is 23.7 Å². The van der Waals surface area contributed by atoms with Gasteiger partial charge in [0.15, 0.2) is 0 Å². The Morgan fingerprint density at radius 2 is 1.96 bits per heavy atom. The highest BCUT2D eigenvalue weighted by molar-refractivity contribution is 5.96. The summed E-state index contributed by atoms with van der Waals surface area (Å²) in [5, 5.41) is 10.5. The molecule has 0 saturated carbocycles. The zero-order chi connectivity index (χ0) is 19.5. The van der Waals surface area contributed by atoms with E-state index in [1.165, 1.54) is 19.4 Å². The summed E-state index contributed by atoms with van der Waals surface area (Å²) >= 11 is 0. The lowest BCUT2D eigenvalue weighted by Gasteiger charge is -2.20. The molecule has 3 aromatic rings. The van der Waals surface area contributed by atoms with Crippen LogP contribution in [0.1, 0.15) is 36.7 Å². The zero-order valence-corrected chi connectivity index (χ0v) is 16.2. The highest BCUT2D eigenvalue weighted by Gasteiger charge is 2.19. The Hall–Kier alpha value is -2.79. The highest BCUT2D eigenvalue weighted by atomic mass is 16.5. The second-order valence-electron chi connectivity index (χ2n) is 7.45. The number of aromatic carboxylic acids is 1. The molecule has 0 bridgehead atoms. The third-order valence-corrected chi connectivity index (χ3v) is 5.57. The van der Waals surface area contributed by atoms with E-state index in [0.29, 0.717) is 12.6 Å². The Morgan fingerprint density at radius 1 is 1.18 bits per heavy atom. The number of hydrogen-bond donors (Lipinski definition) is 1. The van der Waals surface area contributed by atoms with Crippen molar-refractivity contribution >= 4 is 16.9 Å². The first-order valence-corrected chi connectivity index (χ1v) is 9.94. The van der Waals surface area contributed by atoms with Crippen LogP contribution in [-0.2, 0) is 0 Å². The van der Waals surface area contributed by atoms with Gasteiger partial charge >= 0.3 is 5.97 Å². The quantitative estimate of drug-likeness (QED) is 0.612. The van der Waals surface area contributed by atoms with Crippen LogP contribution in [0.25, 0.3) is 16.6 Å². The van der Waals surface area contributed by atoms with Crippen LogP contribution in [0.15, 0.2) is 54.6 Å². The molecule has 2 aromatic carbocycles. The number of aromatic nitrogens is 1. The van der Waals surface area contributed by atoms with Gasteiger partial charge in [0.25, 0.3) is 0 Å². The fourth-order valence-corrected chi connectivity index (χ4v) is 4.06. The van der Waals surface area contributed by atoms with E-state index in [9.17, 15) is 9.90 Å². The maximum absolute atomic E-state index is 11.7. The number of carboxylic acids is 1. The predicted octanol–water partition coefficient (Wildman–Crippen LogP) is 4.58. The average Bonchev–Trinajstić information content (AvgIpc) is 3.29. The molecule has 1 aromatic heterocycles. The first kappa shape index (κ1) is 18.6. The van der Waals surface area contributed by atoms with Crippen molar-refractivity contribution < 1.29 is 14.6 Å². The lowest BCUT2D eigenvalue weighted by atomic mass is 10.2. The molecule has 4 rings (SSSR count). The Morgan fingerprint density at radius 3 is 2.68 bits per heavy atom. The number of nitrogens with zero attached hydrogens (tertiary/aromatic N) is 2. The van der Waals surface area contributed by atoms with E-state index in [1.807, 2.05) is 48.5 Å². The Labute approximate surface area is 165 Å². The van der Waals surface area contributed by atoms with Crippen LogP contribution in [0.3, 0.4) is 0 Å². The van der Waals surface area contributed by atoms with Crippen molar-refractivity contribution in [2.45, 2.75) is 32.2 Å². The number of para-hydroxylation sites is 1. The molecule has 1 fully saturated rings. The minimum absolute atomic E-state index is 0.259. The van der Waals surface area contributed by atoms with Crippen molar-refractivity contribution in [2.24, 2.45) is 0 Å². The van der Waals surface area contributed by atoms with Crippen LogP contribution in [0.5, 0.6) is 5.75 Å². The summed E-state index contributed by atoms with van der Waals surface area (Å²) in [6.07, 6.45) is 3.61. The van der Waals surface area contributed by atoms with Crippen LogP contribution < -0.4 is 4.74 Å². The topological polar surface area (TPSA) is 54.7 Å². The van der Waals surface area contributed by atoms with E-state index in [4.69, 9.17) is 4.74 Å². The summed E-state index contributed by atoms with van der Waals surface area (Å²) in [6.45, 7) is 5.27. The van der Waals surface area contributed by atoms with Gasteiger partial charge in [0.05, 0.1) is 12.1 Å². The fraction of sp³-hybridized carbons (Fsp3) is 0.348. The number of likely N-dealkylation sites (tertiary alicyclic amines) is 1. The largest absolute Gasteiger partial charge is 0.494 e. The third-order valence-electron chi connectivity index (χ3n) is 5.57. The van der Waals surface area contributed by atoms with Gasteiger partial charge in [-0.05, 0) is 69.1 Å².